The smallest absolute Gasteiger partial charge is 0.226 e. The second-order valence-corrected chi connectivity index (χ2v) is 6.29. The zero-order valence-corrected chi connectivity index (χ0v) is 12.1. The lowest BCUT2D eigenvalue weighted by atomic mass is 10.3. The minimum atomic E-state index is 0.351. The maximum Gasteiger partial charge on any atom is 0.226 e. The summed E-state index contributed by atoms with van der Waals surface area (Å²) in [7, 11) is 0. The summed E-state index contributed by atoms with van der Waals surface area (Å²) < 4.78 is 0. The zero-order valence-electron chi connectivity index (χ0n) is 11.3. The molecule has 2 aliphatic carbocycles. The molecule has 2 N–H and O–H groups in total. The molecule has 3 rings (SSSR count). The Labute approximate surface area is 119 Å². The van der Waals surface area contributed by atoms with Crippen molar-refractivity contribution < 1.29 is 0 Å². The van der Waals surface area contributed by atoms with E-state index in [1.807, 2.05) is 13.0 Å². The van der Waals surface area contributed by atoms with Crippen LogP contribution in [0.5, 0.6) is 0 Å². The molecule has 0 bridgehead atoms. The average molecular weight is 276 g/mol. The van der Waals surface area contributed by atoms with Gasteiger partial charge in [-0.2, -0.15) is 0 Å². The van der Waals surface area contributed by atoms with E-state index in [1.165, 1.54) is 25.7 Å². The van der Waals surface area contributed by atoms with Crippen LogP contribution in [-0.4, -0.2) is 28.0 Å². The van der Waals surface area contributed by atoms with Gasteiger partial charge in [0.1, 0.15) is 10.7 Å². The van der Waals surface area contributed by atoms with E-state index in [2.05, 4.69) is 14.9 Å². The fraction of sp³-hybridized carbons (Fsp3) is 0.643. The lowest BCUT2D eigenvalue weighted by Crippen LogP contribution is -2.30. The van der Waals surface area contributed by atoms with Crippen LogP contribution >= 0.6 is 12.2 Å². The highest BCUT2D eigenvalue weighted by molar-refractivity contribution is 7.80. The van der Waals surface area contributed by atoms with E-state index in [0.29, 0.717) is 10.7 Å². The number of aromatic nitrogens is 2. The fourth-order valence-corrected chi connectivity index (χ4v) is 2.39. The lowest BCUT2D eigenvalue weighted by Gasteiger charge is -2.23. The molecule has 4 nitrogen and oxygen atoms in total. The van der Waals surface area contributed by atoms with Crippen LogP contribution in [0.3, 0.4) is 0 Å². The maximum absolute atomic E-state index is 5.70. The number of rotatable bonds is 6. The summed E-state index contributed by atoms with van der Waals surface area (Å²) in [5.74, 6) is 2.47. The molecule has 1 heterocycles. The van der Waals surface area contributed by atoms with E-state index >= 15 is 0 Å². The summed E-state index contributed by atoms with van der Waals surface area (Å²) in [6, 6.07) is 1.86. The lowest BCUT2D eigenvalue weighted by molar-refractivity contribution is 0.660. The van der Waals surface area contributed by atoms with Gasteiger partial charge in [-0.25, -0.2) is 9.97 Å². The standard InChI is InChI=1S/C14H20N4S/c1-9-6-12(13(15)19)17-14(16-9)18(7-10-2-3-10)8-11-4-5-11/h6,10-11H,2-5,7-8H2,1H3,(H2,15,19). The molecule has 2 aliphatic rings. The van der Waals surface area contributed by atoms with Gasteiger partial charge in [-0.1, -0.05) is 12.2 Å². The van der Waals surface area contributed by atoms with Gasteiger partial charge in [0.25, 0.3) is 0 Å². The van der Waals surface area contributed by atoms with Crippen molar-refractivity contribution in [3.8, 4) is 0 Å². The molecule has 0 saturated heterocycles. The van der Waals surface area contributed by atoms with Gasteiger partial charge < -0.3 is 10.6 Å². The third-order valence-corrected chi connectivity index (χ3v) is 3.94. The average Bonchev–Trinajstić information content (AvgIpc) is 3.22. The van der Waals surface area contributed by atoms with Gasteiger partial charge in [0.05, 0.1) is 0 Å². The largest absolute Gasteiger partial charge is 0.388 e. The number of anilines is 1. The second-order valence-electron chi connectivity index (χ2n) is 5.85. The first-order valence-electron chi connectivity index (χ1n) is 7.02. The molecule has 0 amide bonds. The maximum atomic E-state index is 5.70. The molecule has 0 unspecified atom stereocenters. The van der Waals surface area contributed by atoms with E-state index in [9.17, 15) is 0 Å². The highest BCUT2D eigenvalue weighted by Gasteiger charge is 2.30. The van der Waals surface area contributed by atoms with Crippen molar-refractivity contribution in [1.82, 2.24) is 9.97 Å². The molecule has 1 aromatic rings. The predicted octanol–water partition coefficient (Wildman–Crippen LogP) is 2.05. The van der Waals surface area contributed by atoms with Crippen LogP contribution in [0.1, 0.15) is 37.1 Å². The molecule has 0 aliphatic heterocycles. The second kappa shape index (κ2) is 5.04. The van der Waals surface area contributed by atoms with Crippen LogP contribution in [-0.2, 0) is 0 Å². The minimum Gasteiger partial charge on any atom is -0.388 e. The molecule has 1 aromatic heterocycles. The first-order valence-corrected chi connectivity index (χ1v) is 7.43. The zero-order chi connectivity index (χ0) is 13.4. The quantitative estimate of drug-likeness (QED) is 0.806. The Bertz CT molecular complexity index is 480. The first kappa shape index (κ1) is 12.8. The molecule has 5 heteroatoms. The van der Waals surface area contributed by atoms with Gasteiger partial charge >= 0.3 is 0 Å². The van der Waals surface area contributed by atoms with Crippen molar-refractivity contribution in [2.45, 2.75) is 32.6 Å². The highest BCUT2D eigenvalue weighted by Crippen LogP contribution is 2.34. The van der Waals surface area contributed by atoms with E-state index < -0.39 is 0 Å². The Hall–Kier alpha value is -1.23. The highest BCUT2D eigenvalue weighted by atomic mass is 32.1. The number of hydrogen-bond donors (Lipinski definition) is 1. The Morgan fingerprint density at radius 1 is 1.26 bits per heavy atom. The Balaban J connectivity index is 1.84. The molecular weight excluding hydrogens is 256 g/mol. The molecule has 0 atom stereocenters. The summed E-state index contributed by atoms with van der Waals surface area (Å²) >= 11 is 5.04. The molecule has 102 valence electrons. The van der Waals surface area contributed by atoms with E-state index in [0.717, 1.165) is 36.6 Å². The summed E-state index contributed by atoms with van der Waals surface area (Å²) in [5.41, 5.74) is 7.33. The molecule has 2 saturated carbocycles. The number of aryl methyl sites for hydroxylation is 1. The van der Waals surface area contributed by atoms with Crippen LogP contribution in [0.2, 0.25) is 0 Å². The van der Waals surface area contributed by atoms with E-state index in [1.54, 1.807) is 0 Å². The van der Waals surface area contributed by atoms with Crippen LogP contribution in [0.15, 0.2) is 6.07 Å². The number of nitrogens with zero attached hydrogens (tertiary/aromatic N) is 3. The number of thiocarbonyl (C=S) groups is 1. The fourth-order valence-electron chi connectivity index (χ4n) is 2.28. The minimum absolute atomic E-state index is 0.351. The topological polar surface area (TPSA) is 55.0 Å². The Morgan fingerprint density at radius 2 is 1.84 bits per heavy atom. The van der Waals surface area contributed by atoms with E-state index in [4.69, 9.17) is 18.0 Å². The number of hydrogen-bond acceptors (Lipinski definition) is 4. The molecule has 0 spiro atoms. The van der Waals surface area contributed by atoms with Crippen LogP contribution in [0, 0.1) is 18.8 Å². The summed E-state index contributed by atoms with van der Waals surface area (Å²) in [4.78, 5) is 11.8. The van der Waals surface area contributed by atoms with Crippen LogP contribution in [0.25, 0.3) is 0 Å². The summed E-state index contributed by atoms with van der Waals surface area (Å²) in [6.07, 6.45) is 5.37. The van der Waals surface area contributed by atoms with Crippen molar-refractivity contribution >= 4 is 23.2 Å². The first-order chi connectivity index (χ1) is 9.11. The van der Waals surface area contributed by atoms with Gasteiger partial charge in [-0.15, -0.1) is 0 Å². The van der Waals surface area contributed by atoms with Crippen LogP contribution < -0.4 is 10.6 Å². The van der Waals surface area contributed by atoms with Crippen molar-refractivity contribution in [2.24, 2.45) is 17.6 Å². The van der Waals surface area contributed by atoms with Crippen molar-refractivity contribution in [1.29, 1.82) is 0 Å². The van der Waals surface area contributed by atoms with Gasteiger partial charge in [0.2, 0.25) is 5.95 Å². The Morgan fingerprint density at radius 3 is 2.32 bits per heavy atom. The van der Waals surface area contributed by atoms with Gasteiger partial charge in [-0.3, -0.25) is 0 Å². The van der Waals surface area contributed by atoms with Gasteiger partial charge in [-0.05, 0) is 50.5 Å². The van der Waals surface area contributed by atoms with E-state index in [-0.39, 0.29) is 0 Å². The third kappa shape index (κ3) is 3.41. The molecule has 19 heavy (non-hydrogen) atoms. The van der Waals surface area contributed by atoms with Crippen LogP contribution in [0.4, 0.5) is 5.95 Å². The van der Waals surface area contributed by atoms with Gasteiger partial charge in [0, 0.05) is 18.8 Å². The molecular formula is C14H20N4S. The molecule has 0 radical (unpaired) electrons. The Kier molecular flexibility index (Phi) is 3.39. The number of nitrogens with two attached hydrogens (primary N) is 1. The summed E-state index contributed by atoms with van der Waals surface area (Å²) in [6.45, 7) is 4.13. The van der Waals surface area contributed by atoms with Crippen molar-refractivity contribution in [2.75, 3.05) is 18.0 Å². The summed E-state index contributed by atoms with van der Waals surface area (Å²) in [5, 5.41) is 0. The molecule has 0 aromatic carbocycles. The third-order valence-electron chi connectivity index (χ3n) is 3.73. The normalized spacial score (nSPS) is 18.4. The van der Waals surface area contributed by atoms with Crippen molar-refractivity contribution in [3.63, 3.8) is 0 Å². The predicted molar refractivity (Wildman–Crippen MR) is 80.3 cm³/mol. The van der Waals surface area contributed by atoms with Crippen molar-refractivity contribution in [3.05, 3.63) is 17.5 Å². The molecule has 2 fully saturated rings. The monoisotopic (exact) mass is 276 g/mol. The SMILES string of the molecule is Cc1cc(C(N)=S)nc(N(CC2CC2)CC2CC2)n1. The van der Waals surface area contributed by atoms with Gasteiger partial charge in [0.15, 0.2) is 0 Å².